The molecule has 0 saturated carbocycles. The fraction of sp³-hybridized carbons (Fsp3) is 0.467. The van der Waals surface area contributed by atoms with Crippen LogP contribution in [0.25, 0.3) is 23.0 Å². The third-order valence-corrected chi connectivity index (χ3v) is 4.16. The number of aromatic nitrogens is 5. The minimum atomic E-state index is 0.414. The van der Waals surface area contributed by atoms with E-state index in [0.717, 1.165) is 41.8 Å². The Hall–Kier alpha value is -2.44. The molecule has 1 aliphatic rings. The lowest BCUT2D eigenvalue weighted by Crippen LogP contribution is -2.09. The number of fused-ring (bicyclic) bond motifs is 1. The summed E-state index contributed by atoms with van der Waals surface area (Å²) in [6, 6.07) is 0. The van der Waals surface area contributed by atoms with Gasteiger partial charge in [-0.25, -0.2) is 0 Å². The number of rotatable bonds is 2. The molecule has 0 unspecified atom stereocenters. The summed E-state index contributed by atoms with van der Waals surface area (Å²) in [6.07, 6.45) is 4.86. The summed E-state index contributed by atoms with van der Waals surface area (Å²) in [5.41, 5.74) is 3.49. The molecular formula is C15H17N5O2. The zero-order valence-corrected chi connectivity index (χ0v) is 12.8. The Bertz CT molecular complexity index is 829. The molecule has 0 bridgehead atoms. The second-order valence-corrected chi connectivity index (χ2v) is 6.00. The first-order chi connectivity index (χ1) is 10.6. The Labute approximate surface area is 127 Å². The van der Waals surface area contributed by atoms with Crippen molar-refractivity contribution in [1.29, 1.82) is 0 Å². The van der Waals surface area contributed by atoms with Gasteiger partial charge < -0.3 is 8.94 Å². The Morgan fingerprint density at radius 2 is 2.09 bits per heavy atom. The van der Waals surface area contributed by atoms with E-state index in [1.807, 2.05) is 20.2 Å². The zero-order valence-electron chi connectivity index (χ0n) is 12.8. The lowest BCUT2D eigenvalue weighted by atomic mass is 9.88. The average Bonchev–Trinajstić information content (AvgIpc) is 3.16. The Morgan fingerprint density at radius 1 is 1.27 bits per heavy atom. The van der Waals surface area contributed by atoms with E-state index in [0.29, 0.717) is 23.4 Å². The molecule has 0 radical (unpaired) electrons. The van der Waals surface area contributed by atoms with Crippen molar-refractivity contribution in [3.05, 3.63) is 23.2 Å². The molecule has 0 aliphatic heterocycles. The molecule has 1 aliphatic carbocycles. The summed E-state index contributed by atoms with van der Waals surface area (Å²) < 4.78 is 13.0. The molecule has 1 atom stereocenters. The van der Waals surface area contributed by atoms with Crippen molar-refractivity contribution in [3.8, 4) is 23.0 Å². The number of hydrogen-bond acceptors (Lipinski definition) is 6. The van der Waals surface area contributed by atoms with E-state index in [-0.39, 0.29) is 0 Å². The van der Waals surface area contributed by atoms with E-state index in [1.165, 1.54) is 0 Å². The quantitative estimate of drug-likeness (QED) is 0.723. The lowest BCUT2D eigenvalue weighted by Gasteiger charge is -2.15. The van der Waals surface area contributed by atoms with Crippen molar-refractivity contribution >= 4 is 0 Å². The Balaban J connectivity index is 1.73. The van der Waals surface area contributed by atoms with Gasteiger partial charge in [-0.3, -0.25) is 4.68 Å². The Kier molecular flexibility index (Phi) is 2.88. The van der Waals surface area contributed by atoms with E-state index < -0.39 is 0 Å². The smallest absolute Gasteiger partial charge is 0.270 e. The van der Waals surface area contributed by atoms with Crippen LogP contribution >= 0.6 is 0 Å². The highest BCUT2D eigenvalue weighted by molar-refractivity contribution is 5.59. The average molecular weight is 299 g/mol. The number of hydrogen-bond donors (Lipinski definition) is 0. The molecular weight excluding hydrogens is 282 g/mol. The predicted octanol–water partition coefficient (Wildman–Crippen LogP) is 2.56. The highest BCUT2D eigenvalue weighted by atomic mass is 16.5. The fourth-order valence-electron chi connectivity index (χ4n) is 2.98. The van der Waals surface area contributed by atoms with Crippen LogP contribution < -0.4 is 0 Å². The van der Waals surface area contributed by atoms with Crippen LogP contribution in [0.1, 0.15) is 30.4 Å². The zero-order chi connectivity index (χ0) is 15.3. The largest absolute Gasteiger partial charge is 0.414 e. The van der Waals surface area contributed by atoms with Gasteiger partial charge in [-0.1, -0.05) is 12.1 Å². The van der Waals surface area contributed by atoms with E-state index in [2.05, 4.69) is 27.4 Å². The molecule has 3 aromatic heterocycles. The lowest BCUT2D eigenvalue weighted by molar-refractivity contribution is 0.356. The van der Waals surface area contributed by atoms with Crippen molar-refractivity contribution in [2.24, 2.45) is 13.0 Å². The van der Waals surface area contributed by atoms with Gasteiger partial charge >= 0.3 is 0 Å². The van der Waals surface area contributed by atoms with Crippen molar-refractivity contribution in [2.75, 3.05) is 0 Å². The van der Waals surface area contributed by atoms with Gasteiger partial charge in [0.15, 0.2) is 5.69 Å². The minimum Gasteiger partial charge on any atom is -0.414 e. The molecule has 3 heterocycles. The SMILES string of the molecule is Cc1nn(C)cc1-c1nnc(-c2noc3c2C[C@H](C)CC3)o1. The van der Waals surface area contributed by atoms with Gasteiger partial charge in [0, 0.05) is 25.2 Å². The maximum atomic E-state index is 5.81. The van der Waals surface area contributed by atoms with Crippen LogP contribution in [0.15, 0.2) is 15.1 Å². The summed E-state index contributed by atoms with van der Waals surface area (Å²) in [5.74, 6) is 2.44. The first kappa shape index (κ1) is 13.2. The molecule has 114 valence electrons. The molecule has 7 heteroatoms. The summed E-state index contributed by atoms with van der Waals surface area (Å²) in [4.78, 5) is 0. The van der Waals surface area contributed by atoms with Crippen LogP contribution in [0.4, 0.5) is 0 Å². The van der Waals surface area contributed by atoms with Gasteiger partial charge in [0.25, 0.3) is 11.8 Å². The molecule has 0 N–H and O–H groups in total. The van der Waals surface area contributed by atoms with E-state index in [4.69, 9.17) is 8.94 Å². The maximum absolute atomic E-state index is 5.81. The topological polar surface area (TPSA) is 82.8 Å². The van der Waals surface area contributed by atoms with Gasteiger partial charge in [0.2, 0.25) is 0 Å². The highest BCUT2D eigenvalue weighted by Gasteiger charge is 2.27. The van der Waals surface area contributed by atoms with Gasteiger partial charge in [-0.15, -0.1) is 10.2 Å². The van der Waals surface area contributed by atoms with Crippen LogP contribution in [0, 0.1) is 12.8 Å². The Morgan fingerprint density at radius 3 is 2.86 bits per heavy atom. The van der Waals surface area contributed by atoms with Crippen LogP contribution in [-0.4, -0.2) is 25.1 Å². The van der Waals surface area contributed by atoms with E-state index in [1.54, 1.807) is 4.68 Å². The van der Waals surface area contributed by atoms with Gasteiger partial charge in [-0.2, -0.15) is 5.10 Å². The van der Waals surface area contributed by atoms with E-state index >= 15 is 0 Å². The molecule has 4 rings (SSSR count). The second kappa shape index (κ2) is 4.79. The summed E-state index contributed by atoms with van der Waals surface area (Å²) >= 11 is 0. The summed E-state index contributed by atoms with van der Waals surface area (Å²) in [6.45, 7) is 4.15. The second-order valence-electron chi connectivity index (χ2n) is 6.00. The summed E-state index contributed by atoms with van der Waals surface area (Å²) in [5, 5.41) is 16.7. The standard InChI is InChI=1S/C15H17N5O2/c1-8-4-5-12-10(6-8)13(19-22-12)15-17-16-14(21-15)11-7-20(3)18-9(11)2/h7-8H,4-6H2,1-3H3/t8-/m1/s1. The van der Waals surface area contributed by atoms with Gasteiger partial charge in [0.05, 0.1) is 11.3 Å². The third-order valence-electron chi connectivity index (χ3n) is 4.16. The summed E-state index contributed by atoms with van der Waals surface area (Å²) in [7, 11) is 1.86. The van der Waals surface area contributed by atoms with Crippen molar-refractivity contribution in [3.63, 3.8) is 0 Å². The first-order valence-corrected chi connectivity index (χ1v) is 7.43. The predicted molar refractivity (Wildman–Crippen MR) is 77.9 cm³/mol. The molecule has 0 spiro atoms. The molecule has 0 amide bonds. The van der Waals surface area contributed by atoms with Crippen LogP contribution in [0.3, 0.4) is 0 Å². The first-order valence-electron chi connectivity index (χ1n) is 7.43. The molecule has 0 fully saturated rings. The molecule has 22 heavy (non-hydrogen) atoms. The normalized spacial score (nSPS) is 17.7. The molecule has 7 nitrogen and oxygen atoms in total. The number of aryl methyl sites for hydroxylation is 3. The van der Waals surface area contributed by atoms with Crippen molar-refractivity contribution in [1.82, 2.24) is 25.1 Å². The highest BCUT2D eigenvalue weighted by Crippen LogP contribution is 2.33. The van der Waals surface area contributed by atoms with Gasteiger partial charge in [-0.05, 0) is 25.7 Å². The molecule has 0 saturated heterocycles. The fourth-order valence-corrected chi connectivity index (χ4v) is 2.98. The third kappa shape index (κ3) is 2.04. The monoisotopic (exact) mass is 299 g/mol. The molecule has 0 aromatic carbocycles. The molecule has 3 aromatic rings. The van der Waals surface area contributed by atoms with Crippen LogP contribution in [0.5, 0.6) is 0 Å². The minimum absolute atomic E-state index is 0.414. The van der Waals surface area contributed by atoms with E-state index in [9.17, 15) is 0 Å². The number of nitrogens with zero attached hydrogens (tertiary/aromatic N) is 5. The maximum Gasteiger partial charge on any atom is 0.270 e. The van der Waals surface area contributed by atoms with Crippen LogP contribution in [-0.2, 0) is 19.9 Å². The van der Waals surface area contributed by atoms with Gasteiger partial charge in [0.1, 0.15) is 5.76 Å². The van der Waals surface area contributed by atoms with Crippen molar-refractivity contribution < 1.29 is 8.94 Å². The van der Waals surface area contributed by atoms with Crippen molar-refractivity contribution in [2.45, 2.75) is 33.1 Å². The van der Waals surface area contributed by atoms with Crippen LogP contribution in [0.2, 0.25) is 0 Å².